The van der Waals surface area contributed by atoms with Crippen molar-refractivity contribution in [2.24, 2.45) is 0 Å². The molecule has 0 saturated carbocycles. The van der Waals surface area contributed by atoms with Crippen LogP contribution in [0.4, 0.5) is 0 Å². The molecule has 0 aliphatic heterocycles. The lowest BCUT2D eigenvalue weighted by atomic mass is 9.64. The quantitative estimate of drug-likeness (QED) is 0.164. The first-order chi connectivity index (χ1) is 24.8. The van der Waals surface area contributed by atoms with Gasteiger partial charge in [0.05, 0.1) is 5.41 Å². The van der Waals surface area contributed by atoms with Crippen LogP contribution in [0.2, 0.25) is 0 Å². The molecule has 2 atom stereocenters. The van der Waals surface area contributed by atoms with Gasteiger partial charge >= 0.3 is 0 Å². The smallest absolute Gasteiger partial charge is 0.0541 e. The lowest BCUT2D eigenvalue weighted by Gasteiger charge is -2.37. The Morgan fingerprint density at radius 1 is 0.580 bits per heavy atom. The molecule has 0 saturated heterocycles. The van der Waals surface area contributed by atoms with Gasteiger partial charge in [-0.3, -0.25) is 0 Å². The van der Waals surface area contributed by atoms with E-state index in [0.717, 1.165) is 12.0 Å². The van der Waals surface area contributed by atoms with E-state index in [2.05, 4.69) is 158 Å². The molecule has 0 fully saturated rings. The van der Waals surface area contributed by atoms with Crippen LogP contribution in [0.25, 0.3) is 81.2 Å². The SMILES string of the molecule is c1cccc(-c2ccc3c(c2)C2(c4ccccc4-3)c3cc(-c4cccc5c4sc4ccccc45)cc4c3c3c(c5ccccc54)C=CCC32)c#1. The van der Waals surface area contributed by atoms with E-state index < -0.39 is 0 Å². The monoisotopic (exact) mass is 648 g/mol. The van der Waals surface area contributed by atoms with E-state index in [1.807, 2.05) is 17.4 Å². The molecule has 0 amide bonds. The van der Waals surface area contributed by atoms with E-state index in [1.54, 1.807) is 0 Å². The zero-order valence-electron chi connectivity index (χ0n) is 27.1. The average Bonchev–Trinajstić information content (AvgIpc) is 3.82. The maximum absolute atomic E-state index is 3.40. The second-order valence-electron chi connectivity index (χ2n) is 14.1. The highest BCUT2D eigenvalue weighted by Crippen LogP contribution is 2.68. The molecule has 50 heavy (non-hydrogen) atoms. The molecule has 3 aliphatic rings. The summed E-state index contributed by atoms with van der Waals surface area (Å²) >= 11 is 1.92. The van der Waals surface area contributed by atoms with Crippen LogP contribution >= 0.6 is 11.3 Å². The number of benzene rings is 7. The van der Waals surface area contributed by atoms with E-state index >= 15 is 0 Å². The number of rotatable bonds is 2. The molecule has 2 unspecified atom stereocenters. The lowest BCUT2D eigenvalue weighted by molar-refractivity contribution is 0.514. The van der Waals surface area contributed by atoms with Crippen LogP contribution in [0, 0.1) is 12.1 Å². The predicted molar refractivity (Wildman–Crippen MR) is 211 cm³/mol. The summed E-state index contributed by atoms with van der Waals surface area (Å²) in [5, 5.41) is 8.19. The van der Waals surface area contributed by atoms with E-state index in [-0.39, 0.29) is 11.3 Å². The van der Waals surface area contributed by atoms with Crippen LogP contribution in [0.5, 0.6) is 0 Å². The zero-order valence-corrected chi connectivity index (χ0v) is 27.9. The van der Waals surface area contributed by atoms with Gasteiger partial charge in [-0.15, -0.1) is 11.3 Å². The third-order valence-electron chi connectivity index (χ3n) is 11.9. The van der Waals surface area contributed by atoms with E-state index in [4.69, 9.17) is 0 Å². The number of hydrogen-bond acceptors (Lipinski definition) is 1. The summed E-state index contributed by atoms with van der Waals surface area (Å²) in [5.41, 5.74) is 14.5. The molecule has 12 rings (SSSR count). The molecule has 1 heterocycles. The first kappa shape index (κ1) is 26.9. The van der Waals surface area contributed by atoms with Crippen LogP contribution in [-0.4, -0.2) is 0 Å². The summed E-state index contributed by atoms with van der Waals surface area (Å²) in [6.07, 6.45) is 5.86. The van der Waals surface area contributed by atoms with Gasteiger partial charge in [-0.05, 0) is 120 Å². The van der Waals surface area contributed by atoms with Gasteiger partial charge in [-0.2, -0.15) is 0 Å². The molecule has 3 aliphatic carbocycles. The van der Waals surface area contributed by atoms with E-state index in [9.17, 15) is 0 Å². The average molecular weight is 649 g/mol. The Morgan fingerprint density at radius 3 is 2.28 bits per heavy atom. The molecule has 1 heteroatoms. The second-order valence-corrected chi connectivity index (χ2v) is 15.2. The highest BCUT2D eigenvalue weighted by molar-refractivity contribution is 7.26. The minimum atomic E-state index is -0.331. The Hall–Kier alpha value is -5.94. The van der Waals surface area contributed by atoms with Gasteiger partial charge in [-0.1, -0.05) is 127 Å². The molecule has 0 bridgehead atoms. The van der Waals surface area contributed by atoms with E-state index in [1.165, 1.54) is 97.4 Å². The highest BCUT2D eigenvalue weighted by Gasteiger charge is 2.56. The van der Waals surface area contributed by atoms with Crippen molar-refractivity contribution in [3.8, 4) is 33.4 Å². The minimum Gasteiger partial charge on any atom is -0.135 e. The van der Waals surface area contributed by atoms with Crippen LogP contribution in [-0.2, 0) is 5.41 Å². The van der Waals surface area contributed by atoms with Crippen LogP contribution < -0.4 is 0 Å². The van der Waals surface area contributed by atoms with Gasteiger partial charge in [-0.25, -0.2) is 0 Å². The molecule has 9 aromatic rings. The molecular formula is C49H28S. The van der Waals surface area contributed by atoms with Crippen molar-refractivity contribution in [2.75, 3.05) is 0 Å². The number of hydrogen-bond donors (Lipinski definition) is 0. The Labute approximate surface area is 294 Å². The molecule has 8 aromatic carbocycles. The fraction of sp³-hybridized carbons (Fsp3) is 0.0612. The normalized spacial score (nSPS) is 18.0. The van der Waals surface area contributed by atoms with E-state index in [0.29, 0.717) is 0 Å². The van der Waals surface area contributed by atoms with Crippen molar-refractivity contribution in [2.45, 2.75) is 17.8 Å². The van der Waals surface area contributed by atoms with Crippen molar-refractivity contribution in [1.29, 1.82) is 0 Å². The van der Waals surface area contributed by atoms with Gasteiger partial charge in [0.2, 0.25) is 0 Å². The molecule has 0 N–H and O–H groups in total. The summed E-state index contributed by atoms with van der Waals surface area (Å²) in [6.45, 7) is 0. The summed E-state index contributed by atoms with van der Waals surface area (Å²) in [5.74, 6) is 0.281. The fourth-order valence-corrected chi connectivity index (χ4v) is 11.3. The Kier molecular flexibility index (Phi) is 5.18. The molecule has 1 spiro atoms. The zero-order chi connectivity index (χ0) is 32.6. The summed E-state index contributed by atoms with van der Waals surface area (Å²) in [4.78, 5) is 0. The molecule has 0 nitrogen and oxygen atoms in total. The largest absolute Gasteiger partial charge is 0.135 e. The van der Waals surface area contributed by atoms with Crippen LogP contribution in [0.15, 0.2) is 146 Å². The third-order valence-corrected chi connectivity index (χ3v) is 13.1. The second kappa shape index (κ2) is 9.60. The van der Waals surface area contributed by atoms with Gasteiger partial charge in [0.25, 0.3) is 0 Å². The van der Waals surface area contributed by atoms with Crippen molar-refractivity contribution < 1.29 is 0 Å². The number of allylic oxidation sites excluding steroid dienone is 1. The first-order valence-corrected chi connectivity index (χ1v) is 18.4. The highest BCUT2D eigenvalue weighted by atomic mass is 32.1. The summed E-state index contributed by atoms with van der Waals surface area (Å²) < 4.78 is 2.70. The topological polar surface area (TPSA) is 0 Å². The predicted octanol–water partition coefficient (Wildman–Crippen LogP) is 13.1. The van der Waals surface area contributed by atoms with Crippen molar-refractivity contribution in [3.63, 3.8) is 0 Å². The maximum Gasteiger partial charge on any atom is 0.0541 e. The standard InChI is InChI=1S/C49H28S/c1-2-12-29(13-3-1)30-24-25-36-35-16-6-8-21-41(35)49(43(36)27-30)42-22-11-19-38-33-14-4-5-15-34(33)40-26-31(28-44(49)47(40)46(38)42)32-18-10-20-39-37-17-7-9-23-45(37)50-48(32)39/h1-2,4-12,14-21,23-28,42H,22H2. The number of fused-ring (bicyclic) bond motifs is 13. The Bertz CT molecular complexity index is 2960. The minimum absolute atomic E-state index is 0.281. The third kappa shape index (κ3) is 3.23. The van der Waals surface area contributed by atoms with Gasteiger partial charge in [0.15, 0.2) is 0 Å². The van der Waals surface area contributed by atoms with Crippen molar-refractivity contribution >= 4 is 59.1 Å². The van der Waals surface area contributed by atoms with Crippen LogP contribution in [0.1, 0.15) is 40.2 Å². The summed E-state index contributed by atoms with van der Waals surface area (Å²) in [6, 6.07) is 59.1. The lowest BCUT2D eigenvalue weighted by Crippen LogP contribution is -2.31. The molecule has 230 valence electrons. The van der Waals surface area contributed by atoms with Gasteiger partial charge < -0.3 is 0 Å². The van der Waals surface area contributed by atoms with Crippen molar-refractivity contribution in [1.82, 2.24) is 0 Å². The van der Waals surface area contributed by atoms with Crippen molar-refractivity contribution in [3.05, 3.63) is 186 Å². The molecule has 0 radical (unpaired) electrons. The number of thiophene rings is 1. The maximum atomic E-state index is 3.40. The van der Waals surface area contributed by atoms with Crippen LogP contribution in [0.3, 0.4) is 0 Å². The van der Waals surface area contributed by atoms with Gasteiger partial charge in [0.1, 0.15) is 0 Å². The fourth-order valence-electron chi connectivity index (χ4n) is 10.0. The summed E-state index contributed by atoms with van der Waals surface area (Å²) in [7, 11) is 0. The van der Waals surface area contributed by atoms with Gasteiger partial charge in [0, 0.05) is 31.7 Å². The Morgan fingerprint density at radius 2 is 1.36 bits per heavy atom. The molecule has 1 aromatic heterocycles. The first-order valence-electron chi connectivity index (χ1n) is 17.5. The molecular weight excluding hydrogens is 621 g/mol. The Balaban J connectivity index is 1.26.